The van der Waals surface area contributed by atoms with Crippen LogP contribution in [-0.4, -0.2) is 26.0 Å². The van der Waals surface area contributed by atoms with E-state index in [0.29, 0.717) is 5.92 Å². The molecule has 0 amide bonds. The average Bonchev–Trinajstić information content (AvgIpc) is 2.47. The van der Waals surface area contributed by atoms with Gasteiger partial charge in [-0.15, -0.1) is 0 Å². The van der Waals surface area contributed by atoms with Gasteiger partial charge in [0.15, 0.2) is 0 Å². The first-order valence-electron chi connectivity index (χ1n) is 6.93. The molecule has 10 heteroatoms. The van der Waals surface area contributed by atoms with Crippen LogP contribution in [0.25, 0.3) is 0 Å². The Morgan fingerprint density at radius 3 is 2.00 bits per heavy atom. The van der Waals surface area contributed by atoms with Crippen LogP contribution in [0.1, 0.15) is 43.6 Å². The Balaban J connectivity index is 2.17. The Morgan fingerprint density at radius 1 is 1.00 bits per heavy atom. The van der Waals surface area contributed by atoms with E-state index in [9.17, 15) is 25.6 Å². The van der Waals surface area contributed by atoms with Crippen LogP contribution in [0.2, 0.25) is 0 Å². The summed E-state index contributed by atoms with van der Waals surface area (Å²) >= 11 is 0. The molecule has 0 saturated heterocycles. The van der Waals surface area contributed by atoms with Crippen LogP contribution in [0.3, 0.4) is 0 Å². The summed E-state index contributed by atoms with van der Waals surface area (Å²) in [6.45, 7) is 0. The molecule has 0 bridgehead atoms. The molecule has 6 nitrogen and oxygen atoms in total. The number of rotatable bonds is 5. The molecule has 0 radical (unpaired) electrons. The predicted molar refractivity (Wildman–Crippen MR) is 78.3 cm³/mol. The zero-order valence-electron chi connectivity index (χ0n) is 12.0. The summed E-state index contributed by atoms with van der Waals surface area (Å²) in [5, 5.41) is 0. The normalized spacial score (nSPS) is 17.9. The van der Waals surface area contributed by atoms with E-state index < -0.39 is 30.6 Å². The molecule has 130 valence electrons. The first-order chi connectivity index (χ1) is 10.5. The number of hydrogen-bond donors (Lipinski definition) is 1. The molecule has 0 heterocycles. The van der Waals surface area contributed by atoms with E-state index >= 15 is 0 Å². The molecule has 23 heavy (non-hydrogen) atoms. The molecule has 1 fully saturated rings. The highest BCUT2D eigenvalue weighted by molar-refractivity contribution is 8.05. The molecule has 1 aliphatic rings. The molecule has 0 atom stereocenters. The van der Waals surface area contributed by atoms with Gasteiger partial charge in [0, 0.05) is 0 Å². The molecule has 0 spiro atoms. The first kappa shape index (κ1) is 18.1. The average molecular weight is 370 g/mol. The topological polar surface area (TPSA) is 97.7 Å². The number of benzene rings is 1. The number of hydrogen-bond acceptors (Lipinski definition) is 5. The SMILES string of the molecule is O=S(=O)(O)C(F)(F)S(=O)(=O)Oc1ccc(C2CCCCC2)cc1. The lowest BCUT2D eigenvalue weighted by Crippen LogP contribution is -2.40. The highest BCUT2D eigenvalue weighted by atomic mass is 32.3. The van der Waals surface area contributed by atoms with Crippen LogP contribution in [-0.2, 0) is 20.2 Å². The van der Waals surface area contributed by atoms with Crippen molar-refractivity contribution in [2.75, 3.05) is 0 Å². The molecular weight excluding hydrogens is 354 g/mol. The Morgan fingerprint density at radius 2 is 1.52 bits per heavy atom. The highest BCUT2D eigenvalue weighted by Gasteiger charge is 2.59. The lowest BCUT2D eigenvalue weighted by Gasteiger charge is -2.22. The minimum atomic E-state index is -6.15. The second kappa shape index (κ2) is 6.33. The van der Waals surface area contributed by atoms with Crippen molar-refractivity contribution in [3.8, 4) is 5.75 Å². The Hall–Kier alpha value is -1.26. The van der Waals surface area contributed by atoms with Crippen LogP contribution in [0.4, 0.5) is 8.78 Å². The van der Waals surface area contributed by atoms with Crippen molar-refractivity contribution in [3.05, 3.63) is 29.8 Å². The van der Waals surface area contributed by atoms with Gasteiger partial charge in [0.25, 0.3) is 0 Å². The fourth-order valence-electron chi connectivity index (χ4n) is 2.54. The Bertz CT molecular complexity index is 750. The summed E-state index contributed by atoms with van der Waals surface area (Å²) < 4.78 is 77.1. The smallest absolute Gasteiger partial charge is 0.377 e. The summed E-state index contributed by atoms with van der Waals surface area (Å²) in [6.07, 6.45) is 5.36. The van der Waals surface area contributed by atoms with Crippen molar-refractivity contribution in [3.63, 3.8) is 0 Å². The monoisotopic (exact) mass is 370 g/mol. The predicted octanol–water partition coefficient (Wildman–Crippen LogP) is 2.88. The highest BCUT2D eigenvalue weighted by Crippen LogP contribution is 2.34. The lowest BCUT2D eigenvalue weighted by molar-refractivity contribution is 0.155. The van der Waals surface area contributed by atoms with Gasteiger partial charge in [0.2, 0.25) is 0 Å². The molecular formula is C13H16F2O6S2. The van der Waals surface area contributed by atoms with Gasteiger partial charge in [-0.1, -0.05) is 31.4 Å². The van der Waals surface area contributed by atoms with Gasteiger partial charge in [-0.2, -0.15) is 25.6 Å². The summed E-state index contributed by atoms with van der Waals surface area (Å²) in [5.74, 6) is -0.124. The van der Waals surface area contributed by atoms with Gasteiger partial charge >= 0.3 is 24.8 Å². The quantitative estimate of drug-likeness (QED) is 0.632. The zero-order valence-corrected chi connectivity index (χ0v) is 13.6. The number of halogens is 2. The van der Waals surface area contributed by atoms with Crippen molar-refractivity contribution < 1.29 is 34.4 Å². The fraction of sp³-hybridized carbons (Fsp3) is 0.538. The van der Waals surface area contributed by atoms with E-state index in [1.807, 2.05) is 0 Å². The maximum atomic E-state index is 13.2. The first-order valence-corrected chi connectivity index (χ1v) is 9.78. The third kappa shape index (κ3) is 3.81. The van der Waals surface area contributed by atoms with E-state index in [1.54, 1.807) is 12.1 Å². The largest absolute Gasteiger partial charge is 0.506 e. The van der Waals surface area contributed by atoms with Crippen molar-refractivity contribution in [1.82, 2.24) is 0 Å². The molecule has 1 aromatic carbocycles. The van der Waals surface area contributed by atoms with E-state index in [0.717, 1.165) is 31.2 Å². The van der Waals surface area contributed by atoms with Crippen LogP contribution < -0.4 is 4.18 Å². The molecule has 0 aliphatic heterocycles. The summed E-state index contributed by atoms with van der Waals surface area (Å²) in [4.78, 5) is 0. The zero-order chi connectivity index (χ0) is 17.3. The van der Waals surface area contributed by atoms with Crippen LogP contribution >= 0.6 is 0 Å². The van der Waals surface area contributed by atoms with Crippen LogP contribution in [0.15, 0.2) is 24.3 Å². The van der Waals surface area contributed by atoms with Gasteiger partial charge in [0.1, 0.15) is 5.75 Å². The minimum Gasteiger partial charge on any atom is -0.377 e. The standard InChI is InChI=1S/C13H16F2O6S2/c14-13(15,22(16,17)18)23(19,20)21-12-8-6-11(7-9-12)10-4-2-1-3-5-10/h6-10H,1-5H2,(H,16,17,18). The van der Waals surface area contributed by atoms with E-state index in [1.165, 1.54) is 18.6 Å². The molecule has 1 N–H and O–H groups in total. The second-order valence-electron chi connectivity index (χ2n) is 5.38. The van der Waals surface area contributed by atoms with Crippen LogP contribution in [0, 0.1) is 0 Å². The summed E-state index contributed by atoms with van der Waals surface area (Å²) in [7, 11) is -12.0. The van der Waals surface area contributed by atoms with Crippen molar-refractivity contribution in [1.29, 1.82) is 0 Å². The van der Waals surface area contributed by atoms with Gasteiger partial charge in [-0.05, 0) is 36.5 Å². The van der Waals surface area contributed by atoms with Gasteiger partial charge < -0.3 is 4.18 Å². The summed E-state index contributed by atoms with van der Waals surface area (Å²) in [6, 6.07) is 5.49. The molecule has 1 aromatic rings. The van der Waals surface area contributed by atoms with Crippen molar-refractivity contribution in [2.24, 2.45) is 0 Å². The number of alkyl halides is 2. The lowest BCUT2D eigenvalue weighted by atomic mass is 9.84. The van der Waals surface area contributed by atoms with E-state index in [2.05, 4.69) is 4.18 Å². The van der Waals surface area contributed by atoms with E-state index in [-0.39, 0.29) is 0 Å². The molecule has 1 saturated carbocycles. The molecule has 0 aromatic heterocycles. The maximum absolute atomic E-state index is 13.2. The van der Waals surface area contributed by atoms with Gasteiger partial charge in [-0.3, -0.25) is 4.55 Å². The minimum absolute atomic E-state index is 0.327. The summed E-state index contributed by atoms with van der Waals surface area (Å²) in [5.41, 5.74) is 0.941. The van der Waals surface area contributed by atoms with E-state index in [4.69, 9.17) is 4.55 Å². The van der Waals surface area contributed by atoms with Gasteiger partial charge in [0.05, 0.1) is 0 Å². The second-order valence-corrected chi connectivity index (χ2v) is 8.69. The van der Waals surface area contributed by atoms with Crippen LogP contribution in [0.5, 0.6) is 5.75 Å². The Kier molecular flexibility index (Phi) is 4.97. The van der Waals surface area contributed by atoms with Gasteiger partial charge in [-0.25, -0.2) is 0 Å². The third-order valence-electron chi connectivity index (χ3n) is 3.75. The van der Waals surface area contributed by atoms with Crippen molar-refractivity contribution in [2.45, 2.75) is 42.6 Å². The third-order valence-corrected chi connectivity index (χ3v) is 6.59. The Labute approximate surface area is 133 Å². The van der Waals surface area contributed by atoms with Crippen molar-refractivity contribution >= 4 is 20.2 Å². The fourth-order valence-corrected chi connectivity index (χ4v) is 4.13. The molecule has 0 unspecified atom stereocenters. The molecule has 1 aliphatic carbocycles. The maximum Gasteiger partial charge on any atom is 0.506 e. The molecule has 2 rings (SSSR count).